The third kappa shape index (κ3) is 1.30. The van der Waals surface area contributed by atoms with Crippen LogP contribution in [0.1, 0.15) is 18.5 Å². The Morgan fingerprint density at radius 3 is 2.75 bits per heavy atom. The highest BCUT2D eigenvalue weighted by atomic mass is 19.1. The zero-order valence-corrected chi connectivity index (χ0v) is 9.00. The van der Waals surface area contributed by atoms with E-state index in [2.05, 4.69) is 18.3 Å². The number of hydrogen-bond acceptors (Lipinski definition) is 1. The number of hydrogen-bond donors (Lipinski definition) is 1. The predicted octanol–water partition coefficient (Wildman–Crippen LogP) is 3.98. The number of nitrogens with one attached hydrogen (secondary N) is 1. The molecule has 1 unspecified atom stereocenters. The van der Waals surface area contributed by atoms with E-state index in [-0.39, 0.29) is 11.9 Å². The van der Waals surface area contributed by atoms with Crippen LogP contribution in [0.2, 0.25) is 0 Å². The molecule has 1 nitrogen and oxygen atoms in total. The van der Waals surface area contributed by atoms with Crippen molar-refractivity contribution in [2.75, 3.05) is 5.32 Å². The van der Waals surface area contributed by atoms with Gasteiger partial charge in [0.05, 0.1) is 0 Å². The van der Waals surface area contributed by atoms with Crippen LogP contribution >= 0.6 is 0 Å². The Morgan fingerprint density at radius 1 is 1.06 bits per heavy atom. The molecule has 0 aromatic heterocycles. The maximum absolute atomic E-state index is 13.3. The molecule has 2 heteroatoms. The van der Waals surface area contributed by atoms with Gasteiger partial charge >= 0.3 is 0 Å². The zero-order chi connectivity index (χ0) is 11.1. The molecule has 16 heavy (non-hydrogen) atoms. The first-order valence-corrected chi connectivity index (χ1v) is 5.41. The van der Waals surface area contributed by atoms with E-state index in [1.807, 2.05) is 18.2 Å². The molecule has 1 aliphatic rings. The van der Waals surface area contributed by atoms with Gasteiger partial charge in [0.15, 0.2) is 0 Å². The highest BCUT2D eigenvalue weighted by molar-refractivity contribution is 5.83. The van der Waals surface area contributed by atoms with Gasteiger partial charge in [-0.3, -0.25) is 0 Å². The smallest absolute Gasteiger partial charge is 0.123 e. The van der Waals surface area contributed by atoms with Crippen molar-refractivity contribution in [3.8, 4) is 11.1 Å². The first-order chi connectivity index (χ1) is 7.75. The average Bonchev–Trinajstić information content (AvgIpc) is 2.31. The molecule has 0 saturated heterocycles. The summed E-state index contributed by atoms with van der Waals surface area (Å²) in [6.45, 7) is 2.12. The number of anilines is 1. The van der Waals surface area contributed by atoms with Gasteiger partial charge in [0.2, 0.25) is 0 Å². The van der Waals surface area contributed by atoms with Crippen molar-refractivity contribution in [1.29, 1.82) is 0 Å². The highest BCUT2D eigenvalue weighted by Gasteiger charge is 2.20. The second-order valence-electron chi connectivity index (χ2n) is 4.14. The minimum absolute atomic E-state index is 0.190. The second kappa shape index (κ2) is 3.34. The van der Waals surface area contributed by atoms with Crippen molar-refractivity contribution >= 4 is 5.69 Å². The number of benzene rings is 2. The van der Waals surface area contributed by atoms with Gasteiger partial charge < -0.3 is 5.32 Å². The fourth-order valence-electron chi connectivity index (χ4n) is 2.30. The molecule has 3 rings (SSSR count). The van der Waals surface area contributed by atoms with E-state index in [0.29, 0.717) is 0 Å². The van der Waals surface area contributed by atoms with Crippen molar-refractivity contribution in [2.45, 2.75) is 13.0 Å². The average molecular weight is 213 g/mol. The quantitative estimate of drug-likeness (QED) is 0.698. The lowest BCUT2D eigenvalue weighted by atomic mass is 9.90. The minimum atomic E-state index is -0.190. The van der Waals surface area contributed by atoms with E-state index in [4.69, 9.17) is 0 Å². The van der Waals surface area contributed by atoms with Gasteiger partial charge in [-0.2, -0.15) is 0 Å². The summed E-state index contributed by atoms with van der Waals surface area (Å²) in [5.41, 5.74) is 4.31. The summed E-state index contributed by atoms with van der Waals surface area (Å²) in [4.78, 5) is 0. The molecule has 0 bridgehead atoms. The van der Waals surface area contributed by atoms with Gasteiger partial charge in [0, 0.05) is 17.3 Å². The van der Waals surface area contributed by atoms with Crippen molar-refractivity contribution in [2.24, 2.45) is 0 Å². The number of halogens is 1. The summed E-state index contributed by atoms with van der Waals surface area (Å²) in [7, 11) is 0. The predicted molar refractivity (Wildman–Crippen MR) is 63.9 cm³/mol. The van der Waals surface area contributed by atoms with Gasteiger partial charge in [-0.05, 0) is 36.2 Å². The molecule has 0 fully saturated rings. The molecule has 2 aromatic carbocycles. The lowest BCUT2D eigenvalue weighted by Crippen LogP contribution is -2.13. The van der Waals surface area contributed by atoms with E-state index in [1.165, 1.54) is 11.6 Å². The molecular weight excluding hydrogens is 201 g/mol. The highest BCUT2D eigenvalue weighted by Crippen LogP contribution is 2.40. The zero-order valence-electron chi connectivity index (χ0n) is 9.00. The van der Waals surface area contributed by atoms with E-state index in [0.717, 1.165) is 16.8 Å². The van der Waals surface area contributed by atoms with Gasteiger partial charge in [-0.25, -0.2) is 4.39 Å². The summed E-state index contributed by atoms with van der Waals surface area (Å²) in [6.07, 6.45) is 0. The van der Waals surface area contributed by atoms with E-state index >= 15 is 0 Å². The van der Waals surface area contributed by atoms with Crippen LogP contribution in [0.15, 0.2) is 42.5 Å². The first kappa shape index (κ1) is 9.40. The molecule has 1 heterocycles. The van der Waals surface area contributed by atoms with Gasteiger partial charge in [0.1, 0.15) is 5.82 Å². The van der Waals surface area contributed by atoms with Crippen molar-refractivity contribution in [3.05, 3.63) is 53.8 Å². The molecule has 1 N–H and O–H groups in total. The summed E-state index contributed by atoms with van der Waals surface area (Å²) in [5.74, 6) is -0.190. The Balaban J connectivity index is 2.29. The van der Waals surface area contributed by atoms with E-state index in [1.54, 1.807) is 12.1 Å². The van der Waals surface area contributed by atoms with Crippen LogP contribution in [-0.4, -0.2) is 0 Å². The van der Waals surface area contributed by atoms with Crippen LogP contribution in [0.4, 0.5) is 10.1 Å². The Labute approximate surface area is 93.9 Å². The van der Waals surface area contributed by atoms with Gasteiger partial charge in [-0.1, -0.05) is 24.3 Å². The first-order valence-electron chi connectivity index (χ1n) is 5.41. The molecule has 80 valence electrons. The van der Waals surface area contributed by atoms with Crippen LogP contribution in [0.3, 0.4) is 0 Å². The number of rotatable bonds is 0. The van der Waals surface area contributed by atoms with Crippen LogP contribution < -0.4 is 5.32 Å². The lowest BCUT2D eigenvalue weighted by Gasteiger charge is -2.27. The van der Waals surface area contributed by atoms with Crippen LogP contribution in [0.5, 0.6) is 0 Å². The molecular formula is C14H12FN. The number of fused-ring (bicyclic) bond motifs is 3. The minimum Gasteiger partial charge on any atom is -0.378 e. The van der Waals surface area contributed by atoms with Crippen LogP contribution in [-0.2, 0) is 0 Å². The molecule has 2 aromatic rings. The molecule has 1 atom stereocenters. The van der Waals surface area contributed by atoms with Crippen LogP contribution in [0.25, 0.3) is 11.1 Å². The fourth-order valence-corrected chi connectivity index (χ4v) is 2.30. The SMILES string of the molecule is CC1Nc2ccc(F)cc2-c2ccccc21. The van der Waals surface area contributed by atoms with Crippen molar-refractivity contribution in [1.82, 2.24) is 0 Å². The van der Waals surface area contributed by atoms with Crippen LogP contribution in [0, 0.1) is 5.82 Å². The van der Waals surface area contributed by atoms with Gasteiger partial charge in [-0.15, -0.1) is 0 Å². The summed E-state index contributed by atoms with van der Waals surface area (Å²) < 4.78 is 13.3. The fraction of sp³-hybridized carbons (Fsp3) is 0.143. The maximum Gasteiger partial charge on any atom is 0.123 e. The van der Waals surface area contributed by atoms with E-state index in [9.17, 15) is 4.39 Å². The van der Waals surface area contributed by atoms with Crippen molar-refractivity contribution in [3.63, 3.8) is 0 Å². The normalized spacial score (nSPS) is 17.2. The molecule has 0 spiro atoms. The molecule has 0 radical (unpaired) electrons. The van der Waals surface area contributed by atoms with Gasteiger partial charge in [0.25, 0.3) is 0 Å². The third-order valence-electron chi connectivity index (χ3n) is 3.07. The molecule has 0 amide bonds. The Hall–Kier alpha value is -1.83. The topological polar surface area (TPSA) is 12.0 Å². The van der Waals surface area contributed by atoms with Crippen molar-refractivity contribution < 1.29 is 4.39 Å². The monoisotopic (exact) mass is 213 g/mol. The summed E-state index contributed by atoms with van der Waals surface area (Å²) in [5, 5.41) is 3.38. The standard InChI is InChI=1S/C14H12FN/c1-9-11-4-2-3-5-12(11)13-8-10(15)6-7-14(13)16-9/h2-9,16H,1H3. The largest absolute Gasteiger partial charge is 0.378 e. The summed E-state index contributed by atoms with van der Waals surface area (Å²) >= 11 is 0. The van der Waals surface area contributed by atoms with E-state index < -0.39 is 0 Å². The lowest BCUT2D eigenvalue weighted by molar-refractivity contribution is 0.628. The molecule has 0 saturated carbocycles. The third-order valence-corrected chi connectivity index (χ3v) is 3.07. The summed E-state index contributed by atoms with van der Waals surface area (Å²) in [6, 6.07) is 13.3. The Kier molecular flexibility index (Phi) is 1.96. The molecule has 1 aliphatic heterocycles. The second-order valence-corrected chi connectivity index (χ2v) is 4.14. The molecule has 0 aliphatic carbocycles. The Bertz CT molecular complexity index is 548. The maximum atomic E-state index is 13.3. The Morgan fingerprint density at radius 2 is 1.88 bits per heavy atom.